The van der Waals surface area contributed by atoms with Crippen LogP contribution >= 0.6 is 0 Å². The molecule has 0 heterocycles. The minimum absolute atomic E-state index is 0.661. The van der Waals surface area contributed by atoms with Gasteiger partial charge in [-0.25, -0.2) is 0 Å². The Labute approximate surface area is 108 Å². The molecule has 0 bridgehead atoms. The number of ether oxygens (including phenoxy) is 1. The van der Waals surface area contributed by atoms with Crippen LogP contribution < -0.4 is 4.74 Å². The van der Waals surface area contributed by atoms with Crippen LogP contribution in [0.2, 0.25) is 0 Å². The first kappa shape index (κ1) is 12.9. The minimum atomic E-state index is -0.694. The van der Waals surface area contributed by atoms with Crippen LogP contribution in [0, 0.1) is 20.8 Å². The van der Waals surface area contributed by atoms with Gasteiger partial charge in [-0.05, 0) is 55.9 Å². The van der Waals surface area contributed by atoms with Gasteiger partial charge in [-0.2, -0.15) is 0 Å². The highest BCUT2D eigenvalue weighted by Crippen LogP contribution is 2.47. The zero-order chi connectivity index (χ0) is 13.5. The number of hydrogen-bond donors (Lipinski definition) is 1. The molecule has 0 saturated heterocycles. The van der Waals surface area contributed by atoms with E-state index in [0.717, 1.165) is 47.3 Å². The van der Waals surface area contributed by atoms with Crippen LogP contribution in [0.5, 0.6) is 5.75 Å². The number of methoxy groups -OCH3 is 1. The van der Waals surface area contributed by atoms with Crippen LogP contribution in [0.15, 0.2) is 6.07 Å². The fourth-order valence-corrected chi connectivity index (χ4v) is 3.00. The van der Waals surface area contributed by atoms with E-state index in [1.807, 2.05) is 26.8 Å². The highest BCUT2D eigenvalue weighted by atomic mass is 16.5. The first-order valence-corrected chi connectivity index (χ1v) is 6.32. The molecule has 0 spiro atoms. The van der Waals surface area contributed by atoms with Crippen molar-refractivity contribution in [3.05, 3.63) is 28.3 Å². The number of carbonyl (C=O) groups is 1. The predicted molar refractivity (Wildman–Crippen MR) is 70.4 cm³/mol. The third-order valence-corrected chi connectivity index (χ3v) is 4.36. The fourth-order valence-electron chi connectivity index (χ4n) is 3.00. The van der Waals surface area contributed by atoms with Gasteiger partial charge in [0.25, 0.3) is 0 Å². The van der Waals surface area contributed by atoms with Gasteiger partial charge in [0.05, 0.1) is 12.5 Å². The zero-order valence-corrected chi connectivity index (χ0v) is 11.5. The van der Waals surface area contributed by atoms with Crippen molar-refractivity contribution in [3.63, 3.8) is 0 Å². The summed E-state index contributed by atoms with van der Waals surface area (Å²) in [5, 5.41) is 9.54. The first-order valence-electron chi connectivity index (χ1n) is 6.32. The molecule has 0 atom stereocenters. The van der Waals surface area contributed by atoms with Gasteiger partial charge in [-0.1, -0.05) is 12.5 Å². The summed E-state index contributed by atoms with van der Waals surface area (Å²) in [6, 6.07) is 1.99. The van der Waals surface area contributed by atoms with Crippen molar-refractivity contribution in [1.82, 2.24) is 0 Å². The van der Waals surface area contributed by atoms with Gasteiger partial charge in [0.2, 0.25) is 0 Å². The van der Waals surface area contributed by atoms with Crippen LogP contribution in [-0.4, -0.2) is 18.2 Å². The second-order valence-corrected chi connectivity index (χ2v) is 5.27. The van der Waals surface area contributed by atoms with Crippen molar-refractivity contribution >= 4 is 5.97 Å². The van der Waals surface area contributed by atoms with E-state index in [-0.39, 0.29) is 0 Å². The molecule has 1 aliphatic carbocycles. The lowest BCUT2D eigenvalue weighted by atomic mass is 9.63. The Balaban J connectivity index is 2.62. The number of carboxylic acids is 1. The van der Waals surface area contributed by atoms with Gasteiger partial charge in [0.15, 0.2) is 0 Å². The lowest BCUT2D eigenvalue weighted by molar-refractivity contribution is -0.147. The van der Waals surface area contributed by atoms with Gasteiger partial charge in [-0.3, -0.25) is 4.79 Å². The van der Waals surface area contributed by atoms with Crippen LogP contribution in [0.25, 0.3) is 0 Å². The maximum atomic E-state index is 11.6. The standard InChI is InChI=1S/C15H20O3/c1-9-8-12(10(2)11(3)13(9)18-4)15(14(16)17)6-5-7-15/h8H,5-7H2,1-4H3,(H,16,17). The van der Waals surface area contributed by atoms with Gasteiger partial charge < -0.3 is 9.84 Å². The van der Waals surface area contributed by atoms with Crippen LogP contribution in [-0.2, 0) is 10.2 Å². The predicted octanol–water partition coefficient (Wildman–Crippen LogP) is 3.13. The van der Waals surface area contributed by atoms with Gasteiger partial charge in [0, 0.05) is 0 Å². The van der Waals surface area contributed by atoms with Crippen molar-refractivity contribution in [1.29, 1.82) is 0 Å². The molecule has 0 radical (unpaired) electrons. The minimum Gasteiger partial charge on any atom is -0.496 e. The van der Waals surface area contributed by atoms with E-state index in [1.54, 1.807) is 7.11 Å². The second-order valence-electron chi connectivity index (χ2n) is 5.27. The average molecular weight is 248 g/mol. The molecular weight excluding hydrogens is 228 g/mol. The summed E-state index contributed by atoms with van der Waals surface area (Å²) < 4.78 is 5.39. The molecule has 2 rings (SSSR count). The summed E-state index contributed by atoms with van der Waals surface area (Å²) in [7, 11) is 1.66. The monoisotopic (exact) mass is 248 g/mol. The molecule has 1 fully saturated rings. The Kier molecular flexibility index (Phi) is 3.09. The first-order chi connectivity index (χ1) is 8.44. The number of rotatable bonds is 3. The molecule has 18 heavy (non-hydrogen) atoms. The third kappa shape index (κ3) is 1.61. The number of hydrogen-bond acceptors (Lipinski definition) is 2. The molecule has 1 aromatic carbocycles. The molecule has 3 heteroatoms. The Morgan fingerprint density at radius 3 is 2.28 bits per heavy atom. The van der Waals surface area contributed by atoms with Gasteiger partial charge >= 0.3 is 5.97 Å². The molecule has 0 unspecified atom stereocenters. The molecule has 0 aromatic heterocycles. The third-order valence-electron chi connectivity index (χ3n) is 4.36. The highest BCUT2D eigenvalue weighted by Gasteiger charge is 2.47. The summed E-state index contributed by atoms with van der Waals surface area (Å²) in [5.41, 5.74) is 3.44. The molecule has 1 saturated carbocycles. The molecule has 1 N–H and O–H groups in total. The number of aliphatic carboxylic acids is 1. The molecule has 0 aliphatic heterocycles. The van der Waals surface area contributed by atoms with Crippen molar-refractivity contribution < 1.29 is 14.6 Å². The van der Waals surface area contributed by atoms with Crippen LogP contribution in [0.3, 0.4) is 0 Å². The van der Waals surface area contributed by atoms with Gasteiger partial charge in [-0.15, -0.1) is 0 Å². The van der Waals surface area contributed by atoms with Crippen molar-refractivity contribution in [3.8, 4) is 5.75 Å². The Hall–Kier alpha value is -1.51. The fraction of sp³-hybridized carbons (Fsp3) is 0.533. The van der Waals surface area contributed by atoms with Crippen LogP contribution in [0.4, 0.5) is 0 Å². The van der Waals surface area contributed by atoms with Crippen molar-refractivity contribution in [2.24, 2.45) is 0 Å². The van der Waals surface area contributed by atoms with E-state index < -0.39 is 11.4 Å². The highest BCUT2D eigenvalue weighted by molar-refractivity contribution is 5.83. The van der Waals surface area contributed by atoms with E-state index in [2.05, 4.69) is 0 Å². The summed E-state index contributed by atoms with van der Waals surface area (Å²) >= 11 is 0. The number of carboxylic acid groups (broad SMARTS) is 1. The number of aryl methyl sites for hydroxylation is 1. The average Bonchev–Trinajstić information content (AvgIpc) is 2.23. The van der Waals surface area contributed by atoms with Gasteiger partial charge in [0.1, 0.15) is 5.75 Å². The Morgan fingerprint density at radius 2 is 1.89 bits per heavy atom. The molecule has 3 nitrogen and oxygen atoms in total. The second kappa shape index (κ2) is 4.30. The Bertz CT molecular complexity index is 499. The maximum absolute atomic E-state index is 11.6. The van der Waals surface area contributed by atoms with E-state index in [1.165, 1.54) is 0 Å². The topological polar surface area (TPSA) is 46.5 Å². The van der Waals surface area contributed by atoms with E-state index in [4.69, 9.17) is 4.74 Å². The summed E-state index contributed by atoms with van der Waals surface area (Å²) in [6.07, 6.45) is 2.48. The lowest BCUT2D eigenvalue weighted by Gasteiger charge is -2.40. The SMILES string of the molecule is COc1c(C)cc(C2(C(=O)O)CCC2)c(C)c1C. The van der Waals surface area contributed by atoms with Crippen LogP contribution in [0.1, 0.15) is 41.5 Å². The van der Waals surface area contributed by atoms with E-state index >= 15 is 0 Å². The summed E-state index contributed by atoms with van der Waals surface area (Å²) in [6.45, 7) is 5.97. The normalized spacial score (nSPS) is 17.1. The molecular formula is C15H20O3. The van der Waals surface area contributed by atoms with Crippen molar-refractivity contribution in [2.45, 2.75) is 45.4 Å². The number of benzene rings is 1. The quantitative estimate of drug-likeness (QED) is 0.894. The lowest BCUT2D eigenvalue weighted by Crippen LogP contribution is -2.43. The molecule has 0 amide bonds. The smallest absolute Gasteiger partial charge is 0.314 e. The summed E-state index contributed by atoms with van der Waals surface area (Å²) in [5.74, 6) is 0.178. The molecule has 98 valence electrons. The van der Waals surface area contributed by atoms with E-state index in [9.17, 15) is 9.90 Å². The zero-order valence-electron chi connectivity index (χ0n) is 11.5. The van der Waals surface area contributed by atoms with E-state index in [0.29, 0.717) is 0 Å². The van der Waals surface area contributed by atoms with Crippen molar-refractivity contribution in [2.75, 3.05) is 7.11 Å². The maximum Gasteiger partial charge on any atom is 0.314 e. The Morgan fingerprint density at radius 1 is 1.28 bits per heavy atom. The molecule has 1 aliphatic rings. The molecule has 1 aromatic rings. The largest absolute Gasteiger partial charge is 0.496 e. The summed E-state index contributed by atoms with van der Waals surface area (Å²) in [4.78, 5) is 11.6.